The molecule has 0 radical (unpaired) electrons. The lowest BCUT2D eigenvalue weighted by Gasteiger charge is -2.34. The summed E-state index contributed by atoms with van der Waals surface area (Å²) in [6.45, 7) is 14.6. The topological polar surface area (TPSA) is 24.5 Å². The van der Waals surface area contributed by atoms with Crippen LogP contribution < -0.4 is 5.32 Å². The summed E-state index contributed by atoms with van der Waals surface area (Å²) < 4.78 is 5.67. The summed E-state index contributed by atoms with van der Waals surface area (Å²) in [4.78, 5) is 2.49. The Balaban J connectivity index is 2.42. The van der Waals surface area contributed by atoms with Gasteiger partial charge in [0, 0.05) is 18.7 Å². The van der Waals surface area contributed by atoms with Crippen LogP contribution in [0, 0.1) is 5.41 Å². The lowest BCUT2D eigenvalue weighted by Crippen LogP contribution is -2.45. The molecule has 0 aromatic rings. The van der Waals surface area contributed by atoms with Gasteiger partial charge in [-0.25, -0.2) is 0 Å². The molecule has 1 fully saturated rings. The van der Waals surface area contributed by atoms with Gasteiger partial charge in [-0.1, -0.05) is 27.7 Å². The summed E-state index contributed by atoms with van der Waals surface area (Å²) in [6, 6.07) is 1.19. The third kappa shape index (κ3) is 5.41. The number of nitrogens with one attached hydrogen (secondary N) is 1. The van der Waals surface area contributed by atoms with E-state index in [0.717, 1.165) is 19.7 Å². The van der Waals surface area contributed by atoms with E-state index in [2.05, 4.69) is 51.9 Å². The predicted molar refractivity (Wildman–Crippen MR) is 82.6 cm³/mol. The van der Waals surface area contributed by atoms with Crippen molar-refractivity contribution in [1.29, 1.82) is 0 Å². The summed E-state index contributed by atoms with van der Waals surface area (Å²) in [7, 11) is 2.25. The van der Waals surface area contributed by atoms with Gasteiger partial charge in [-0.2, -0.15) is 0 Å². The molecule has 3 atom stereocenters. The SMILES string of the molecule is CCCNC(CCN(C)C1CCOC1C)C(C)(C)C. The largest absolute Gasteiger partial charge is 0.377 e. The van der Waals surface area contributed by atoms with E-state index in [1.54, 1.807) is 0 Å². The maximum Gasteiger partial charge on any atom is 0.0702 e. The van der Waals surface area contributed by atoms with Crippen molar-refractivity contribution in [3.05, 3.63) is 0 Å². The predicted octanol–water partition coefficient (Wildman–Crippen LogP) is 2.90. The second kappa shape index (κ2) is 7.61. The van der Waals surface area contributed by atoms with Crippen molar-refractivity contribution in [2.24, 2.45) is 5.41 Å². The van der Waals surface area contributed by atoms with Crippen LogP contribution in [-0.4, -0.2) is 49.8 Å². The summed E-state index contributed by atoms with van der Waals surface area (Å²) >= 11 is 0. The van der Waals surface area contributed by atoms with Crippen molar-refractivity contribution in [1.82, 2.24) is 10.2 Å². The van der Waals surface area contributed by atoms with Gasteiger partial charge in [0.15, 0.2) is 0 Å². The van der Waals surface area contributed by atoms with Crippen molar-refractivity contribution >= 4 is 0 Å². The first-order valence-corrected chi connectivity index (χ1v) is 7.91. The van der Waals surface area contributed by atoms with Crippen molar-refractivity contribution < 1.29 is 4.74 Å². The van der Waals surface area contributed by atoms with E-state index in [1.807, 2.05) is 0 Å². The fourth-order valence-corrected chi connectivity index (χ4v) is 2.96. The van der Waals surface area contributed by atoms with Gasteiger partial charge in [0.1, 0.15) is 0 Å². The molecule has 0 saturated carbocycles. The number of hydrogen-bond donors (Lipinski definition) is 1. The number of hydrogen-bond acceptors (Lipinski definition) is 3. The highest BCUT2D eigenvalue weighted by atomic mass is 16.5. The highest BCUT2D eigenvalue weighted by Gasteiger charge is 2.29. The first kappa shape index (κ1) is 16.9. The molecular formula is C16H34N2O. The minimum absolute atomic E-state index is 0.327. The fraction of sp³-hybridized carbons (Fsp3) is 1.00. The average molecular weight is 270 g/mol. The van der Waals surface area contributed by atoms with Gasteiger partial charge >= 0.3 is 0 Å². The summed E-state index contributed by atoms with van der Waals surface area (Å²) in [5.74, 6) is 0. The Kier molecular flexibility index (Phi) is 6.78. The normalized spacial score (nSPS) is 26.1. The van der Waals surface area contributed by atoms with Crippen LogP contribution in [0.15, 0.2) is 0 Å². The third-order valence-electron chi connectivity index (χ3n) is 4.36. The van der Waals surface area contributed by atoms with Gasteiger partial charge in [-0.05, 0) is 51.7 Å². The lowest BCUT2D eigenvalue weighted by atomic mass is 9.84. The number of likely N-dealkylation sites (N-methyl/N-ethyl adjacent to an activating group) is 1. The van der Waals surface area contributed by atoms with Crippen LogP contribution in [0.1, 0.15) is 53.9 Å². The maximum absolute atomic E-state index is 5.67. The van der Waals surface area contributed by atoms with E-state index >= 15 is 0 Å². The Hall–Kier alpha value is -0.120. The van der Waals surface area contributed by atoms with Crippen LogP contribution >= 0.6 is 0 Å². The quantitative estimate of drug-likeness (QED) is 0.770. The lowest BCUT2D eigenvalue weighted by molar-refractivity contribution is 0.0802. The van der Waals surface area contributed by atoms with Crippen LogP contribution in [0.2, 0.25) is 0 Å². The van der Waals surface area contributed by atoms with Gasteiger partial charge in [0.2, 0.25) is 0 Å². The zero-order valence-corrected chi connectivity index (χ0v) is 13.8. The van der Waals surface area contributed by atoms with E-state index in [-0.39, 0.29) is 0 Å². The van der Waals surface area contributed by atoms with Crippen LogP contribution in [0.4, 0.5) is 0 Å². The molecule has 114 valence electrons. The highest BCUT2D eigenvalue weighted by molar-refractivity contribution is 4.84. The molecule has 0 amide bonds. The minimum atomic E-state index is 0.327. The van der Waals surface area contributed by atoms with E-state index in [0.29, 0.717) is 23.6 Å². The monoisotopic (exact) mass is 270 g/mol. The summed E-state index contributed by atoms with van der Waals surface area (Å²) in [5.41, 5.74) is 0.327. The van der Waals surface area contributed by atoms with Crippen LogP contribution in [0.3, 0.4) is 0 Å². The van der Waals surface area contributed by atoms with Gasteiger partial charge < -0.3 is 15.0 Å². The number of rotatable bonds is 7. The van der Waals surface area contributed by atoms with Crippen molar-refractivity contribution in [3.8, 4) is 0 Å². The van der Waals surface area contributed by atoms with Crippen LogP contribution in [-0.2, 0) is 4.74 Å². The molecular weight excluding hydrogens is 236 g/mol. The van der Waals surface area contributed by atoms with E-state index in [9.17, 15) is 0 Å². The number of nitrogens with zero attached hydrogens (tertiary/aromatic N) is 1. The summed E-state index contributed by atoms with van der Waals surface area (Å²) in [6.07, 6.45) is 3.99. The molecule has 0 spiro atoms. The van der Waals surface area contributed by atoms with Crippen molar-refractivity contribution in [3.63, 3.8) is 0 Å². The van der Waals surface area contributed by atoms with E-state index in [4.69, 9.17) is 4.74 Å². The van der Waals surface area contributed by atoms with E-state index < -0.39 is 0 Å². The minimum Gasteiger partial charge on any atom is -0.377 e. The Morgan fingerprint density at radius 3 is 2.53 bits per heavy atom. The molecule has 1 aliphatic rings. The molecule has 3 heteroatoms. The first-order chi connectivity index (χ1) is 8.86. The van der Waals surface area contributed by atoms with Crippen LogP contribution in [0.25, 0.3) is 0 Å². The molecule has 0 aromatic heterocycles. The fourth-order valence-electron chi connectivity index (χ4n) is 2.96. The standard InChI is InChI=1S/C16H34N2O/c1-7-10-17-15(16(3,4)5)8-11-18(6)14-9-12-19-13(14)2/h13-15,17H,7-12H2,1-6H3. The van der Waals surface area contributed by atoms with Crippen molar-refractivity contribution in [2.75, 3.05) is 26.7 Å². The molecule has 0 aliphatic carbocycles. The Bertz CT molecular complexity index is 250. The molecule has 3 unspecified atom stereocenters. The van der Waals surface area contributed by atoms with Crippen molar-refractivity contribution in [2.45, 2.75) is 72.1 Å². The van der Waals surface area contributed by atoms with Gasteiger partial charge in [-0.3, -0.25) is 0 Å². The molecule has 3 nitrogen and oxygen atoms in total. The molecule has 0 aromatic carbocycles. The Morgan fingerprint density at radius 2 is 2.05 bits per heavy atom. The zero-order chi connectivity index (χ0) is 14.5. The molecule has 19 heavy (non-hydrogen) atoms. The molecule has 1 saturated heterocycles. The van der Waals surface area contributed by atoms with Gasteiger partial charge in [0.05, 0.1) is 6.10 Å². The smallest absolute Gasteiger partial charge is 0.0702 e. The molecule has 1 N–H and O–H groups in total. The Morgan fingerprint density at radius 1 is 1.37 bits per heavy atom. The maximum atomic E-state index is 5.67. The first-order valence-electron chi connectivity index (χ1n) is 7.91. The molecule has 1 rings (SSSR count). The summed E-state index contributed by atoms with van der Waals surface area (Å²) in [5, 5.41) is 3.71. The second-order valence-electron chi connectivity index (χ2n) is 7.07. The van der Waals surface area contributed by atoms with Gasteiger partial charge in [0.25, 0.3) is 0 Å². The van der Waals surface area contributed by atoms with Crippen LogP contribution in [0.5, 0.6) is 0 Å². The zero-order valence-electron chi connectivity index (χ0n) is 13.8. The number of ether oxygens (including phenoxy) is 1. The molecule has 1 aliphatic heterocycles. The highest BCUT2D eigenvalue weighted by Crippen LogP contribution is 2.24. The van der Waals surface area contributed by atoms with E-state index in [1.165, 1.54) is 19.3 Å². The third-order valence-corrected chi connectivity index (χ3v) is 4.36. The van der Waals surface area contributed by atoms with Gasteiger partial charge in [-0.15, -0.1) is 0 Å². The molecule has 0 bridgehead atoms. The second-order valence-corrected chi connectivity index (χ2v) is 7.07. The Labute approximate surface area is 120 Å². The average Bonchev–Trinajstić information content (AvgIpc) is 2.73. The molecule has 1 heterocycles.